The van der Waals surface area contributed by atoms with Crippen LogP contribution >= 0.6 is 11.8 Å². The van der Waals surface area contributed by atoms with Crippen LogP contribution in [0.15, 0.2) is 29.4 Å². The summed E-state index contributed by atoms with van der Waals surface area (Å²) in [7, 11) is 0. The topological polar surface area (TPSA) is 52.2 Å². The molecule has 0 atom stereocenters. The number of thioether (sulfide) groups is 1. The number of para-hydroxylation sites is 2. The fourth-order valence-corrected chi connectivity index (χ4v) is 3.32. The number of carbonyl (C=O) groups is 1. The monoisotopic (exact) mass is 304 g/mol. The van der Waals surface area contributed by atoms with E-state index in [1.165, 1.54) is 11.8 Å². The first kappa shape index (κ1) is 14.4. The molecule has 0 aliphatic carbocycles. The molecule has 1 aromatic heterocycles. The van der Waals surface area contributed by atoms with Crippen molar-refractivity contribution in [3.05, 3.63) is 24.3 Å². The Bertz CT molecular complexity index is 586. The highest BCUT2D eigenvalue weighted by atomic mass is 32.2. The van der Waals surface area contributed by atoms with Crippen molar-refractivity contribution in [1.82, 2.24) is 19.8 Å². The van der Waals surface area contributed by atoms with E-state index in [0.717, 1.165) is 48.9 Å². The molecule has 1 aliphatic rings. The minimum atomic E-state index is 0.205. The van der Waals surface area contributed by atoms with Crippen LogP contribution in [0.25, 0.3) is 11.0 Å². The molecule has 112 valence electrons. The first-order valence-electron chi connectivity index (χ1n) is 7.34. The van der Waals surface area contributed by atoms with Crippen LogP contribution in [0.2, 0.25) is 0 Å². The molecule has 5 nitrogen and oxygen atoms in total. The van der Waals surface area contributed by atoms with E-state index in [1.807, 2.05) is 29.2 Å². The Balaban J connectivity index is 1.54. The van der Waals surface area contributed by atoms with E-state index >= 15 is 0 Å². The molecule has 0 saturated carbocycles. The van der Waals surface area contributed by atoms with Crippen molar-refractivity contribution in [2.24, 2.45) is 0 Å². The van der Waals surface area contributed by atoms with Gasteiger partial charge < -0.3 is 14.8 Å². The molecule has 2 aromatic rings. The average molecular weight is 304 g/mol. The number of piperazine rings is 1. The summed E-state index contributed by atoms with van der Waals surface area (Å²) >= 11 is 1.48. The van der Waals surface area contributed by atoms with Crippen LogP contribution in [0.4, 0.5) is 0 Å². The number of nitrogens with one attached hydrogen (secondary N) is 1. The lowest BCUT2D eigenvalue weighted by molar-refractivity contribution is -0.130. The van der Waals surface area contributed by atoms with Crippen LogP contribution in [0, 0.1) is 0 Å². The van der Waals surface area contributed by atoms with Gasteiger partial charge in [0.05, 0.1) is 16.8 Å². The van der Waals surface area contributed by atoms with Gasteiger partial charge in [-0.15, -0.1) is 0 Å². The molecule has 6 heteroatoms. The number of rotatable bonds is 4. The Labute approximate surface area is 128 Å². The van der Waals surface area contributed by atoms with Crippen LogP contribution in [-0.2, 0) is 4.79 Å². The van der Waals surface area contributed by atoms with Gasteiger partial charge in [-0.1, -0.05) is 30.8 Å². The average Bonchev–Trinajstić information content (AvgIpc) is 2.95. The summed E-state index contributed by atoms with van der Waals surface area (Å²) in [5, 5.41) is 0.816. The molecule has 0 radical (unpaired) electrons. The van der Waals surface area contributed by atoms with Crippen molar-refractivity contribution in [1.29, 1.82) is 0 Å². The normalized spacial score (nSPS) is 16.5. The van der Waals surface area contributed by atoms with Crippen molar-refractivity contribution in [3.63, 3.8) is 0 Å². The van der Waals surface area contributed by atoms with Gasteiger partial charge in [0.25, 0.3) is 0 Å². The smallest absolute Gasteiger partial charge is 0.233 e. The van der Waals surface area contributed by atoms with E-state index in [2.05, 4.69) is 21.8 Å². The molecule has 1 aromatic carbocycles. The number of hydrogen-bond donors (Lipinski definition) is 1. The van der Waals surface area contributed by atoms with Gasteiger partial charge >= 0.3 is 0 Å². The lowest BCUT2D eigenvalue weighted by Gasteiger charge is -2.33. The predicted octanol–water partition coefficient (Wildman–Crippen LogP) is 1.82. The number of H-pyrrole nitrogens is 1. The highest BCUT2D eigenvalue weighted by Crippen LogP contribution is 2.19. The fraction of sp³-hybridized carbons (Fsp3) is 0.467. The largest absolute Gasteiger partial charge is 0.339 e. The van der Waals surface area contributed by atoms with Gasteiger partial charge in [0.1, 0.15) is 0 Å². The molecular formula is C15H20N4OS. The number of aromatic nitrogens is 2. The first-order chi connectivity index (χ1) is 10.3. The number of benzene rings is 1. The maximum Gasteiger partial charge on any atom is 0.233 e. The van der Waals surface area contributed by atoms with E-state index < -0.39 is 0 Å². The summed E-state index contributed by atoms with van der Waals surface area (Å²) in [4.78, 5) is 24.3. The Morgan fingerprint density at radius 2 is 2.05 bits per heavy atom. The molecule has 2 heterocycles. The highest BCUT2D eigenvalue weighted by molar-refractivity contribution is 7.99. The van der Waals surface area contributed by atoms with Gasteiger partial charge in [-0.25, -0.2) is 4.98 Å². The first-order valence-corrected chi connectivity index (χ1v) is 8.32. The van der Waals surface area contributed by atoms with Crippen molar-refractivity contribution in [2.45, 2.75) is 12.1 Å². The van der Waals surface area contributed by atoms with Crippen LogP contribution in [-0.4, -0.2) is 64.2 Å². The van der Waals surface area contributed by atoms with Gasteiger partial charge in [-0.2, -0.15) is 0 Å². The number of fused-ring (bicyclic) bond motifs is 1. The summed E-state index contributed by atoms with van der Waals surface area (Å²) in [5.74, 6) is 0.655. The van der Waals surface area contributed by atoms with Crippen LogP contribution in [0.5, 0.6) is 0 Å². The zero-order valence-corrected chi connectivity index (χ0v) is 13.0. The molecule has 1 aliphatic heterocycles. The third-order valence-corrected chi connectivity index (χ3v) is 4.73. The van der Waals surface area contributed by atoms with Crippen molar-refractivity contribution >= 4 is 28.7 Å². The molecule has 1 fully saturated rings. The van der Waals surface area contributed by atoms with E-state index in [1.54, 1.807) is 0 Å². The van der Waals surface area contributed by atoms with Crippen LogP contribution < -0.4 is 0 Å². The number of nitrogens with zero attached hydrogens (tertiary/aromatic N) is 3. The van der Waals surface area contributed by atoms with E-state index in [9.17, 15) is 4.79 Å². The standard InChI is InChI=1S/C15H20N4OS/c1-2-18-7-9-19(10-8-18)14(20)11-21-15-16-12-5-3-4-6-13(12)17-15/h3-6H,2,7-11H2,1H3,(H,16,17). The molecule has 0 bridgehead atoms. The van der Waals surface area contributed by atoms with E-state index in [0.29, 0.717) is 5.75 Å². The number of likely N-dealkylation sites (N-methyl/N-ethyl adjacent to an activating group) is 1. The Morgan fingerprint density at radius 1 is 1.29 bits per heavy atom. The lowest BCUT2D eigenvalue weighted by Crippen LogP contribution is -2.49. The number of hydrogen-bond acceptors (Lipinski definition) is 4. The molecule has 0 spiro atoms. The number of carbonyl (C=O) groups excluding carboxylic acids is 1. The van der Waals surface area contributed by atoms with Crippen molar-refractivity contribution < 1.29 is 4.79 Å². The van der Waals surface area contributed by atoms with Crippen LogP contribution in [0.3, 0.4) is 0 Å². The molecule has 1 N–H and O–H groups in total. The van der Waals surface area contributed by atoms with Gasteiger partial charge in [0.2, 0.25) is 5.91 Å². The minimum Gasteiger partial charge on any atom is -0.339 e. The lowest BCUT2D eigenvalue weighted by atomic mass is 10.3. The SMILES string of the molecule is CCN1CCN(C(=O)CSc2nc3ccccc3[nH]2)CC1. The van der Waals surface area contributed by atoms with E-state index in [-0.39, 0.29) is 5.91 Å². The zero-order chi connectivity index (χ0) is 14.7. The maximum absolute atomic E-state index is 12.2. The Kier molecular flexibility index (Phi) is 4.45. The molecule has 1 amide bonds. The van der Waals surface area contributed by atoms with Gasteiger partial charge in [0.15, 0.2) is 5.16 Å². The van der Waals surface area contributed by atoms with Gasteiger partial charge in [-0.3, -0.25) is 4.79 Å². The Morgan fingerprint density at radius 3 is 2.76 bits per heavy atom. The van der Waals surface area contributed by atoms with E-state index in [4.69, 9.17) is 0 Å². The summed E-state index contributed by atoms with van der Waals surface area (Å²) in [6.07, 6.45) is 0. The highest BCUT2D eigenvalue weighted by Gasteiger charge is 2.20. The maximum atomic E-state index is 12.2. The summed E-state index contributed by atoms with van der Waals surface area (Å²) in [5.41, 5.74) is 1.97. The summed E-state index contributed by atoms with van der Waals surface area (Å²) in [6.45, 7) is 6.88. The van der Waals surface area contributed by atoms with Crippen molar-refractivity contribution in [3.8, 4) is 0 Å². The zero-order valence-electron chi connectivity index (χ0n) is 12.2. The fourth-order valence-electron chi connectivity index (χ4n) is 2.53. The molecule has 0 unspecified atom stereocenters. The predicted molar refractivity (Wildman–Crippen MR) is 85.5 cm³/mol. The molecular weight excluding hydrogens is 284 g/mol. The second kappa shape index (κ2) is 6.49. The Hall–Kier alpha value is -1.53. The number of amides is 1. The summed E-state index contributed by atoms with van der Waals surface area (Å²) < 4.78 is 0. The molecule has 3 rings (SSSR count). The second-order valence-electron chi connectivity index (χ2n) is 5.16. The molecule has 1 saturated heterocycles. The second-order valence-corrected chi connectivity index (χ2v) is 6.13. The van der Waals surface area contributed by atoms with Gasteiger partial charge in [-0.05, 0) is 18.7 Å². The quantitative estimate of drug-likeness (QED) is 0.876. The number of aromatic amines is 1. The third-order valence-electron chi connectivity index (χ3n) is 3.87. The number of imidazole rings is 1. The van der Waals surface area contributed by atoms with Crippen molar-refractivity contribution in [2.75, 3.05) is 38.5 Å². The summed E-state index contributed by atoms with van der Waals surface area (Å²) in [6, 6.07) is 7.92. The van der Waals surface area contributed by atoms with Crippen LogP contribution in [0.1, 0.15) is 6.92 Å². The van der Waals surface area contributed by atoms with Gasteiger partial charge in [0, 0.05) is 26.2 Å². The third kappa shape index (κ3) is 3.39. The minimum absolute atomic E-state index is 0.205. The molecule has 21 heavy (non-hydrogen) atoms.